The van der Waals surface area contributed by atoms with E-state index in [1.165, 1.54) is 0 Å². The summed E-state index contributed by atoms with van der Waals surface area (Å²) in [5.74, 6) is 0. The Morgan fingerprint density at radius 3 is 1.60 bits per heavy atom. The molecular weight excluding hydrogens is 189 g/mol. The van der Waals surface area contributed by atoms with Gasteiger partial charge in [0.15, 0.2) is 0 Å². The van der Waals surface area contributed by atoms with Crippen molar-refractivity contribution in [2.24, 2.45) is 0 Å². The largest absolute Gasteiger partial charge is 1.00 e. The van der Waals surface area contributed by atoms with E-state index >= 15 is 0 Å². The molecule has 0 aliphatic carbocycles. The van der Waals surface area contributed by atoms with Crippen LogP contribution in [0.15, 0.2) is 0 Å². The number of nitriles is 1. The first kappa shape index (κ1) is 15.9. The van der Waals surface area contributed by atoms with Crippen molar-refractivity contribution in [2.45, 2.75) is 0 Å². The average molecular weight is 189 g/mol. The van der Waals surface area contributed by atoms with Gasteiger partial charge in [-0.05, 0) is 0 Å². The quantitative estimate of drug-likeness (QED) is 0.286. The molecule has 0 fully saturated rings. The molecule has 0 spiro atoms. The third-order valence-corrected chi connectivity index (χ3v) is 0. The molecule has 26 valence electrons. The molecule has 0 N–H and O–H groups in total. The third-order valence-electron chi connectivity index (χ3n) is 0. The van der Waals surface area contributed by atoms with Gasteiger partial charge in [0.2, 0.25) is 0 Å². The van der Waals surface area contributed by atoms with Crippen molar-refractivity contribution in [1.29, 1.82) is 5.26 Å². The molecule has 0 amide bonds. The Hall–Kier alpha value is 1.67. The van der Waals surface area contributed by atoms with Crippen molar-refractivity contribution in [3.63, 3.8) is 0 Å². The molecule has 0 rings (SSSR count). The SMILES string of the molecule is N#C[O-].[Ag+].[K+]. The first-order chi connectivity index (χ1) is 1.41. The molecule has 0 aromatic rings. The normalized spacial score (nSPS) is 1.40. The van der Waals surface area contributed by atoms with Crippen molar-refractivity contribution in [1.82, 2.24) is 0 Å². The molecule has 0 aromatic heterocycles. The minimum atomic E-state index is 0. The van der Waals surface area contributed by atoms with Crippen LogP contribution in [0.1, 0.15) is 0 Å². The molecule has 0 heterocycles. The fraction of sp³-hybridized carbons (Fsp3) is 0. The fourth-order valence-corrected chi connectivity index (χ4v) is 0. The van der Waals surface area contributed by atoms with Crippen LogP contribution in [0, 0.1) is 11.5 Å². The summed E-state index contributed by atoms with van der Waals surface area (Å²) in [4.78, 5) is 0. The summed E-state index contributed by atoms with van der Waals surface area (Å²) in [5, 5.41) is 15.0. The van der Waals surface area contributed by atoms with E-state index in [-0.39, 0.29) is 73.8 Å². The summed E-state index contributed by atoms with van der Waals surface area (Å²) in [7, 11) is 0. The summed E-state index contributed by atoms with van der Waals surface area (Å²) in [6.07, 6.45) is 0.500. The van der Waals surface area contributed by atoms with Crippen molar-refractivity contribution in [3.8, 4) is 6.26 Å². The minimum Gasteiger partial charge on any atom is -0.812 e. The van der Waals surface area contributed by atoms with Crippen LogP contribution in [0.3, 0.4) is 0 Å². The van der Waals surface area contributed by atoms with Crippen molar-refractivity contribution < 1.29 is 78.9 Å². The molecule has 0 saturated heterocycles. The number of hydrogen-bond donors (Lipinski definition) is 0. The molecule has 2 nitrogen and oxygen atoms in total. The van der Waals surface area contributed by atoms with Crippen molar-refractivity contribution in [2.75, 3.05) is 0 Å². The zero-order valence-electron chi connectivity index (χ0n) is 2.66. The number of hydrogen-bond acceptors (Lipinski definition) is 2. The van der Waals surface area contributed by atoms with Gasteiger partial charge in [-0.1, -0.05) is 0 Å². The van der Waals surface area contributed by atoms with Crippen LogP contribution < -0.4 is 56.5 Å². The second-order valence-corrected chi connectivity index (χ2v) is 0.0913. The Kier molecular flexibility index (Phi) is 55.3. The predicted octanol–water partition coefficient (Wildman–Crippen LogP) is -4.17. The predicted molar refractivity (Wildman–Crippen MR) is 5.61 cm³/mol. The molecule has 0 bridgehead atoms. The van der Waals surface area contributed by atoms with E-state index in [9.17, 15) is 0 Å². The Morgan fingerprint density at radius 1 is 1.60 bits per heavy atom. The van der Waals surface area contributed by atoms with Gasteiger partial charge in [0.25, 0.3) is 0 Å². The van der Waals surface area contributed by atoms with Gasteiger partial charge in [-0.25, -0.2) is 5.26 Å². The second kappa shape index (κ2) is 17.4. The summed E-state index contributed by atoms with van der Waals surface area (Å²) >= 11 is 0. The van der Waals surface area contributed by atoms with E-state index in [2.05, 4.69) is 0 Å². The molecule has 0 aromatic carbocycles. The third kappa shape index (κ3) is 27.4. The number of nitrogens with zero attached hydrogens (tertiary/aromatic N) is 1. The smallest absolute Gasteiger partial charge is 0.812 e. The van der Waals surface area contributed by atoms with Gasteiger partial charge >= 0.3 is 73.8 Å². The van der Waals surface area contributed by atoms with Crippen LogP contribution in [0.5, 0.6) is 0 Å². The minimum absolute atomic E-state index is 0. The standard InChI is InChI=1S/CHNO.Ag.K/c2-1-3;;/h3H;;/q;2*+1/p-1. The molecule has 0 saturated carbocycles. The van der Waals surface area contributed by atoms with Gasteiger partial charge in [0.1, 0.15) is 0 Å². The maximum Gasteiger partial charge on any atom is 1.00 e. The molecule has 5 heavy (non-hydrogen) atoms. The average Bonchev–Trinajstić information content (AvgIpc) is 0.918. The van der Waals surface area contributed by atoms with Gasteiger partial charge in [-0.15, -0.1) is 0 Å². The number of rotatable bonds is 0. The molecule has 0 atom stereocenters. The molecule has 0 aliphatic rings. The van der Waals surface area contributed by atoms with E-state index < -0.39 is 0 Å². The van der Waals surface area contributed by atoms with Crippen LogP contribution in [0.25, 0.3) is 0 Å². The van der Waals surface area contributed by atoms with Crippen LogP contribution in [-0.4, -0.2) is 0 Å². The van der Waals surface area contributed by atoms with Gasteiger partial charge in [0.05, 0.1) is 0 Å². The van der Waals surface area contributed by atoms with E-state index in [0.29, 0.717) is 6.26 Å². The maximum absolute atomic E-state index is 8.24. The van der Waals surface area contributed by atoms with Crippen LogP contribution in [-0.2, 0) is 22.4 Å². The molecule has 0 radical (unpaired) electrons. The molecule has 0 aliphatic heterocycles. The molecular formula is CAgKNO+. The summed E-state index contributed by atoms with van der Waals surface area (Å²) in [6, 6.07) is 0. The van der Waals surface area contributed by atoms with Crippen molar-refractivity contribution in [3.05, 3.63) is 0 Å². The van der Waals surface area contributed by atoms with Gasteiger partial charge in [-0.3, -0.25) is 0 Å². The van der Waals surface area contributed by atoms with E-state index in [4.69, 9.17) is 10.4 Å². The van der Waals surface area contributed by atoms with Gasteiger partial charge in [-0.2, -0.15) is 0 Å². The van der Waals surface area contributed by atoms with Crippen LogP contribution in [0.2, 0.25) is 0 Å². The summed E-state index contributed by atoms with van der Waals surface area (Å²) in [5.41, 5.74) is 0. The Morgan fingerprint density at radius 2 is 1.60 bits per heavy atom. The second-order valence-electron chi connectivity index (χ2n) is 0.0913. The van der Waals surface area contributed by atoms with Gasteiger partial charge < -0.3 is 5.11 Å². The zero-order valence-corrected chi connectivity index (χ0v) is 7.26. The summed E-state index contributed by atoms with van der Waals surface area (Å²) in [6.45, 7) is 0. The summed E-state index contributed by atoms with van der Waals surface area (Å²) < 4.78 is 0. The van der Waals surface area contributed by atoms with Crippen molar-refractivity contribution >= 4 is 0 Å². The first-order valence-electron chi connectivity index (χ1n) is 0.428. The van der Waals surface area contributed by atoms with E-state index in [1.807, 2.05) is 0 Å². The van der Waals surface area contributed by atoms with E-state index in [0.717, 1.165) is 0 Å². The van der Waals surface area contributed by atoms with Gasteiger partial charge in [0, 0.05) is 6.26 Å². The first-order valence-corrected chi connectivity index (χ1v) is 0.428. The Balaban J connectivity index is -0.0000000200. The van der Waals surface area contributed by atoms with Crippen LogP contribution >= 0.6 is 0 Å². The topological polar surface area (TPSA) is 46.8 Å². The fourth-order valence-electron chi connectivity index (χ4n) is 0. The monoisotopic (exact) mass is 188 g/mol. The zero-order chi connectivity index (χ0) is 2.71. The van der Waals surface area contributed by atoms with E-state index in [1.54, 1.807) is 0 Å². The maximum atomic E-state index is 8.24. The molecule has 4 heteroatoms. The Bertz CT molecular complexity index is 33.1. The molecule has 0 unspecified atom stereocenters. The van der Waals surface area contributed by atoms with Crippen LogP contribution in [0.4, 0.5) is 0 Å². The Labute approximate surface area is 88.5 Å².